The summed E-state index contributed by atoms with van der Waals surface area (Å²) < 4.78 is 5.35. The SMILES string of the molecule is CC(C)[C@H](N)C(=O)N[C@@H](Cc1ccccc1)C[C@H](O)[C@H](Cc1ccccc1)NC(=O)OCc1cncs1. The largest absolute Gasteiger partial charge is 0.444 e. The van der Waals surface area contributed by atoms with Crippen LogP contribution in [0.25, 0.3) is 0 Å². The maximum absolute atomic E-state index is 12.8. The van der Waals surface area contributed by atoms with Crippen LogP contribution in [-0.2, 0) is 29.0 Å². The Morgan fingerprint density at radius 2 is 1.62 bits per heavy atom. The Hall–Kier alpha value is -3.27. The van der Waals surface area contributed by atoms with Crippen molar-refractivity contribution in [2.24, 2.45) is 11.7 Å². The number of carbonyl (C=O) groups excluding carboxylic acids is 2. The van der Waals surface area contributed by atoms with E-state index in [1.165, 1.54) is 11.3 Å². The van der Waals surface area contributed by atoms with Gasteiger partial charge < -0.3 is 26.2 Å². The first-order chi connectivity index (χ1) is 17.8. The van der Waals surface area contributed by atoms with Gasteiger partial charge in [0.15, 0.2) is 0 Å². The van der Waals surface area contributed by atoms with Crippen LogP contribution in [0.5, 0.6) is 0 Å². The van der Waals surface area contributed by atoms with Gasteiger partial charge in [0.1, 0.15) is 6.61 Å². The Labute approximate surface area is 222 Å². The maximum Gasteiger partial charge on any atom is 0.407 e. The number of ether oxygens (including phenoxy) is 1. The molecule has 198 valence electrons. The molecule has 0 unspecified atom stereocenters. The van der Waals surface area contributed by atoms with Crippen molar-refractivity contribution in [3.8, 4) is 0 Å². The fourth-order valence-corrected chi connectivity index (χ4v) is 4.45. The van der Waals surface area contributed by atoms with Crippen molar-refractivity contribution in [2.75, 3.05) is 0 Å². The minimum absolute atomic E-state index is 0.0249. The lowest BCUT2D eigenvalue weighted by Gasteiger charge is -2.29. The number of aromatic nitrogens is 1. The lowest BCUT2D eigenvalue weighted by molar-refractivity contribution is -0.124. The van der Waals surface area contributed by atoms with Crippen LogP contribution in [0.1, 0.15) is 36.3 Å². The summed E-state index contributed by atoms with van der Waals surface area (Å²) in [6.45, 7) is 3.89. The summed E-state index contributed by atoms with van der Waals surface area (Å²) >= 11 is 1.40. The fraction of sp³-hybridized carbons (Fsp3) is 0.393. The summed E-state index contributed by atoms with van der Waals surface area (Å²) in [4.78, 5) is 30.2. The van der Waals surface area contributed by atoms with E-state index in [0.29, 0.717) is 12.8 Å². The summed E-state index contributed by atoms with van der Waals surface area (Å²) in [6, 6.07) is 17.7. The van der Waals surface area contributed by atoms with E-state index < -0.39 is 24.3 Å². The summed E-state index contributed by atoms with van der Waals surface area (Å²) in [7, 11) is 0. The summed E-state index contributed by atoms with van der Waals surface area (Å²) in [5, 5.41) is 17.2. The first kappa shape index (κ1) is 28.3. The molecule has 0 aliphatic heterocycles. The Morgan fingerprint density at radius 1 is 1.00 bits per heavy atom. The van der Waals surface area contributed by atoms with Crippen molar-refractivity contribution in [3.05, 3.63) is 88.4 Å². The van der Waals surface area contributed by atoms with Gasteiger partial charge in [0.2, 0.25) is 5.91 Å². The van der Waals surface area contributed by atoms with Gasteiger partial charge in [-0.05, 0) is 36.3 Å². The summed E-state index contributed by atoms with van der Waals surface area (Å²) in [6.07, 6.45) is 1.20. The number of rotatable bonds is 13. The predicted octanol–water partition coefficient (Wildman–Crippen LogP) is 3.44. The number of amides is 2. The first-order valence-corrected chi connectivity index (χ1v) is 13.3. The summed E-state index contributed by atoms with van der Waals surface area (Å²) in [5.74, 6) is -0.289. The average Bonchev–Trinajstić information content (AvgIpc) is 3.41. The normalized spacial score (nSPS) is 14.4. The minimum Gasteiger partial charge on any atom is -0.444 e. The molecule has 0 aliphatic carbocycles. The lowest BCUT2D eigenvalue weighted by Crippen LogP contribution is -2.52. The molecule has 2 aromatic carbocycles. The number of hydrogen-bond donors (Lipinski definition) is 4. The van der Waals surface area contributed by atoms with Crippen molar-refractivity contribution in [2.45, 2.75) is 63.9 Å². The van der Waals surface area contributed by atoms with Crippen LogP contribution in [0.4, 0.5) is 4.79 Å². The van der Waals surface area contributed by atoms with Gasteiger partial charge in [-0.3, -0.25) is 9.78 Å². The molecule has 0 bridgehead atoms. The number of alkyl carbamates (subject to hydrolysis) is 1. The van der Waals surface area contributed by atoms with Gasteiger partial charge >= 0.3 is 6.09 Å². The number of nitrogens with zero attached hydrogens (tertiary/aromatic N) is 1. The van der Waals surface area contributed by atoms with Crippen LogP contribution in [0.2, 0.25) is 0 Å². The molecule has 3 aromatic rings. The van der Waals surface area contributed by atoms with Crippen LogP contribution in [0.3, 0.4) is 0 Å². The lowest BCUT2D eigenvalue weighted by atomic mass is 9.93. The standard InChI is InChI=1S/C28H36N4O4S/c1-19(2)26(29)27(34)31-22(13-20-9-5-3-6-10-20)15-25(33)24(14-21-11-7-4-8-12-21)32-28(35)36-17-23-16-30-18-37-23/h3-12,16,18-19,22,24-26,33H,13-15,17,29H2,1-2H3,(H,31,34)(H,32,35)/t22-,24-,25-,26-/m0/s1. The number of benzene rings is 2. The van der Waals surface area contributed by atoms with Crippen molar-refractivity contribution >= 4 is 23.3 Å². The highest BCUT2D eigenvalue weighted by Gasteiger charge is 2.28. The third-order valence-electron chi connectivity index (χ3n) is 6.11. The number of thiazole rings is 1. The van der Waals surface area contributed by atoms with Crippen molar-refractivity contribution < 1.29 is 19.4 Å². The second-order valence-corrected chi connectivity index (χ2v) is 10.4. The molecule has 3 rings (SSSR count). The zero-order valence-electron chi connectivity index (χ0n) is 21.2. The molecule has 5 N–H and O–H groups in total. The van der Waals surface area contributed by atoms with E-state index in [-0.39, 0.29) is 30.9 Å². The quantitative estimate of drug-likeness (QED) is 0.271. The van der Waals surface area contributed by atoms with Gasteiger partial charge in [-0.1, -0.05) is 74.5 Å². The van der Waals surface area contributed by atoms with Crippen LogP contribution in [0.15, 0.2) is 72.4 Å². The highest BCUT2D eigenvalue weighted by molar-refractivity contribution is 7.09. The third kappa shape index (κ3) is 9.60. The van der Waals surface area contributed by atoms with Gasteiger partial charge in [0.05, 0.1) is 28.6 Å². The molecule has 0 aliphatic rings. The van der Waals surface area contributed by atoms with E-state index >= 15 is 0 Å². The van der Waals surface area contributed by atoms with Gasteiger partial charge in [0.25, 0.3) is 0 Å². The first-order valence-electron chi connectivity index (χ1n) is 12.4. The molecule has 0 saturated heterocycles. The zero-order chi connectivity index (χ0) is 26.6. The third-order valence-corrected chi connectivity index (χ3v) is 6.87. The van der Waals surface area contributed by atoms with E-state index in [1.807, 2.05) is 74.5 Å². The number of nitrogens with one attached hydrogen (secondary N) is 2. The maximum atomic E-state index is 12.8. The molecule has 0 saturated carbocycles. The van der Waals surface area contributed by atoms with E-state index in [1.54, 1.807) is 11.7 Å². The molecule has 0 radical (unpaired) electrons. The predicted molar refractivity (Wildman–Crippen MR) is 145 cm³/mol. The Kier molecular flexibility index (Phi) is 11.1. The second kappa shape index (κ2) is 14.5. The number of aliphatic hydroxyl groups excluding tert-OH is 1. The van der Waals surface area contributed by atoms with Crippen molar-refractivity contribution in [1.82, 2.24) is 15.6 Å². The van der Waals surface area contributed by atoms with E-state index in [9.17, 15) is 14.7 Å². The molecule has 1 aromatic heterocycles. The molecule has 0 fully saturated rings. The molecule has 2 amide bonds. The van der Waals surface area contributed by atoms with Gasteiger partial charge in [-0.15, -0.1) is 11.3 Å². The van der Waals surface area contributed by atoms with Crippen LogP contribution in [0, 0.1) is 5.92 Å². The Bertz CT molecular complexity index is 1080. The Morgan fingerprint density at radius 3 is 2.19 bits per heavy atom. The van der Waals surface area contributed by atoms with Crippen LogP contribution < -0.4 is 16.4 Å². The summed E-state index contributed by atoms with van der Waals surface area (Å²) in [5.41, 5.74) is 9.73. The highest BCUT2D eigenvalue weighted by Crippen LogP contribution is 2.15. The number of aliphatic hydroxyl groups is 1. The molecule has 1 heterocycles. The van der Waals surface area contributed by atoms with Gasteiger partial charge in [-0.2, -0.15) is 0 Å². The van der Waals surface area contributed by atoms with Crippen LogP contribution >= 0.6 is 11.3 Å². The average molecular weight is 525 g/mol. The zero-order valence-corrected chi connectivity index (χ0v) is 22.1. The van der Waals surface area contributed by atoms with E-state index in [0.717, 1.165) is 16.0 Å². The topological polar surface area (TPSA) is 127 Å². The smallest absolute Gasteiger partial charge is 0.407 e. The molecule has 0 spiro atoms. The minimum atomic E-state index is -0.958. The van der Waals surface area contributed by atoms with Crippen LogP contribution in [-0.4, -0.2) is 46.3 Å². The monoisotopic (exact) mass is 524 g/mol. The number of hydrogen-bond acceptors (Lipinski definition) is 7. The molecule has 4 atom stereocenters. The van der Waals surface area contributed by atoms with Gasteiger partial charge in [0, 0.05) is 12.2 Å². The molecule has 37 heavy (non-hydrogen) atoms. The molecule has 8 nitrogen and oxygen atoms in total. The molecular formula is C28H36N4O4S. The number of nitrogens with two attached hydrogens (primary N) is 1. The number of carbonyl (C=O) groups is 2. The Balaban J connectivity index is 1.73. The van der Waals surface area contributed by atoms with E-state index in [4.69, 9.17) is 10.5 Å². The second-order valence-electron chi connectivity index (χ2n) is 9.45. The van der Waals surface area contributed by atoms with E-state index in [2.05, 4.69) is 15.6 Å². The molecular weight excluding hydrogens is 488 g/mol. The fourth-order valence-electron chi connectivity index (χ4n) is 3.94. The molecule has 9 heteroatoms. The van der Waals surface area contributed by atoms with Crippen molar-refractivity contribution in [1.29, 1.82) is 0 Å². The van der Waals surface area contributed by atoms with Crippen molar-refractivity contribution in [3.63, 3.8) is 0 Å². The van der Waals surface area contributed by atoms with Gasteiger partial charge in [-0.25, -0.2) is 4.79 Å². The highest BCUT2D eigenvalue weighted by atomic mass is 32.1.